The molecule has 0 aliphatic carbocycles. The van der Waals surface area contributed by atoms with E-state index in [4.69, 9.17) is 4.74 Å². The predicted molar refractivity (Wildman–Crippen MR) is 181 cm³/mol. The van der Waals surface area contributed by atoms with Gasteiger partial charge in [-0.15, -0.1) is 0 Å². The van der Waals surface area contributed by atoms with Gasteiger partial charge >= 0.3 is 6.09 Å². The molecule has 0 aliphatic heterocycles. The average Bonchev–Trinajstić information content (AvgIpc) is 2.96. The molecule has 2 atom stereocenters. The number of anilines is 1. The number of nitrogens with zero attached hydrogens (tertiary/aromatic N) is 1. The molecule has 0 aromatic heterocycles. The molecule has 0 heterocycles. The Morgan fingerprint density at radius 2 is 1.60 bits per heavy atom. The highest BCUT2D eigenvalue weighted by Crippen LogP contribution is 2.34. The molecule has 0 saturated carbocycles. The molecule has 0 bridgehead atoms. The Morgan fingerprint density at radius 1 is 0.911 bits per heavy atom. The van der Waals surface area contributed by atoms with E-state index in [1.807, 2.05) is 56.3 Å². The first kappa shape index (κ1) is 35.4. The minimum absolute atomic E-state index is 0.0412. The number of phenols is 1. The van der Waals surface area contributed by atoms with Crippen LogP contribution in [0.2, 0.25) is 0 Å². The molecule has 3 aromatic carbocycles. The second-order valence-electron chi connectivity index (χ2n) is 13.2. The molecule has 3 amide bonds. The fraction of sp³-hybridized carbons (Fsp3) is 0.486. The number of hydrogen-bond donors (Lipinski definition) is 3. The summed E-state index contributed by atoms with van der Waals surface area (Å²) in [4.78, 5) is 43.3. The Labute approximate surface area is 268 Å². The Balaban J connectivity index is 2.07. The van der Waals surface area contributed by atoms with Gasteiger partial charge < -0.3 is 25.4 Å². The van der Waals surface area contributed by atoms with Crippen LogP contribution in [-0.4, -0.2) is 46.1 Å². The molecular formula is C37H51N3O5. The lowest BCUT2D eigenvalue weighted by Gasteiger charge is -2.35. The van der Waals surface area contributed by atoms with Gasteiger partial charge in [0.2, 0.25) is 5.91 Å². The van der Waals surface area contributed by atoms with Gasteiger partial charge in [-0.05, 0) is 74.9 Å². The molecule has 0 radical (unpaired) electrons. The summed E-state index contributed by atoms with van der Waals surface area (Å²) in [6.45, 7) is 13.4. The lowest BCUT2D eigenvalue weighted by atomic mass is 9.96. The van der Waals surface area contributed by atoms with Gasteiger partial charge in [0.1, 0.15) is 23.4 Å². The van der Waals surface area contributed by atoms with Gasteiger partial charge in [0, 0.05) is 17.8 Å². The highest BCUT2D eigenvalue weighted by Gasteiger charge is 2.38. The summed E-state index contributed by atoms with van der Waals surface area (Å²) in [6.07, 6.45) is 4.36. The van der Waals surface area contributed by atoms with Crippen LogP contribution in [0.3, 0.4) is 0 Å². The second-order valence-corrected chi connectivity index (χ2v) is 13.2. The first-order valence-corrected chi connectivity index (χ1v) is 16.2. The first-order valence-electron chi connectivity index (χ1n) is 16.2. The zero-order valence-corrected chi connectivity index (χ0v) is 28.0. The molecule has 0 saturated heterocycles. The van der Waals surface area contributed by atoms with Gasteiger partial charge in [0.15, 0.2) is 0 Å². The van der Waals surface area contributed by atoms with Gasteiger partial charge in [-0.1, -0.05) is 95.0 Å². The highest BCUT2D eigenvalue weighted by atomic mass is 16.6. The number of nitrogens with one attached hydrogen (secondary N) is 2. The summed E-state index contributed by atoms with van der Waals surface area (Å²) in [5.74, 6) is -0.823. The summed E-state index contributed by atoms with van der Waals surface area (Å²) in [5.41, 5.74) is 0.758. The second kappa shape index (κ2) is 16.3. The number of carbonyl (C=O) groups excluding carboxylic acids is 3. The molecule has 3 N–H and O–H groups in total. The number of carbonyl (C=O) groups is 3. The number of phenolic OH excluding ortho intramolecular Hbond substituents is 1. The van der Waals surface area contributed by atoms with Crippen molar-refractivity contribution in [3.8, 4) is 5.75 Å². The van der Waals surface area contributed by atoms with Gasteiger partial charge in [-0.25, -0.2) is 4.79 Å². The van der Waals surface area contributed by atoms with E-state index in [9.17, 15) is 19.5 Å². The fourth-order valence-electron chi connectivity index (χ4n) is 5.43. The molecule has 0 aliphatic rings. The van der Waals surface area contributed by atoms with Crippen molar-refractivity contribution in [1.82, 2.24) is 10.2 Å². The monoisotopic (exact) mass is 617 g/mol. The van der Waals surface area contributed by atoms with Crippen LogP contribution in [0.1, 0.15) is 97.2 Å². The molecule has 3 rings (SSSR count). The van der Waals surface area contributed by atoms with Crippen LogP contribution in [0.4, 0.5) is 10.5 Å². The van der Waals surface area contributed by atoms with Crippen molar-refractivity contribution in [3.63, 3.8) is 0 Å². The van der Waals surface area contributed by atoms with E-state index in [1.165, 1.54) is 4.90 Å². The molecule has 8 nitrogen and oxygen atoms in total. The lowest BCUT2D eigenvalue weighted by Crippen LogP contribution is -2.53. The van der Waals surface area contributed by atoms with E-state index in [0.717, 1.165) is 36.5 Å². The summed E-state index contributed by atoms with van der Waals surface area (Å²) >= 11 is 0. The average molecular weight is 618 g/mol. The summed E-state index contributed by atoms with van der Waals surface area (Å²) in [5, 5.41) is 19.1. The van der Waals surface area contributed by atoms with Crippen molar-refractivity contribution < 1.29 is 24.2 Å². The van der Waals surface area contributed by atoms with Crippen LogP contribution in [0.15, 0.2) is 60.7 Å². The van der Waals surface area contributed by atoms with E-state index in [2.05, 4.69) is 17.6 Å². The quantitative estimate of drug-likeness (QED) is 0.158. The maximum absolute atomic E-state index is 14.5. The molecule has 0 fully saturated rings. The third-order valence-corrected chi connectivity index (χ3v) is 7.62. The van der Waals surface area contributed by atoms with E-state index >= 15 is 0 Å². The third kappa shape index (κ3) is 10.5. The number of ether oxygens (including phenoxy) is 1. The van der Waals surface area contributed by atoms with Crippen molar-refractivity contribution in [2.75, 3.05) is 11.9 Å². The van der Waals surface area contributed by atoms with Crippen LogP contribution >= 0.6 is 0 Å². The number of rotatable bonds is 14. The number of benzene rings is 3. The Morgan fingerprint density at radius 3 is 2.27 bits per heavy atom. The number of alkyl carbamates (subject to hydrolysis) is 1. The zero-order valence-electron chi connectivity index (χ0n) is 28.0. The summed E-state index contributed by atoms with van der Waals surface area (Å²) in [6, 6.07) is 16.7. The van der Waals surface area contributed by atoms with Crippen molar-refractivity contribution in [3.05, 3.63) is 71.8 Å². The number of hydrogen-bond acceptors (Lipinski definition) is 5. The van der Waals surface area contributed by atoms with Crippen LogP contribution in [-0.2, 0) is 14.3 Å². The number of para-hydroxylation sites is 1. The minimum atomic E-state index is -1.15. The third-order valence-electron chi connectivity index (χ3n) is 7.62. The molecule has 244 valence electrons. The standard InChI is InChI=1S/C37H51N3O5/c1-8-9-10-11-14-22-40(35(43)31(23-25(2)3)39-36(44)45-37(5,6)7)32(30-19-15-16-26(4)33(30)41)34(42)38-29-21-20-27-17-12-13-18-28(27)24-29/h12-13,15-21,24-25,31-32,41H,8-11,14,22-23H2,1-7H3,(H,38,42)(H,39,44). The Hall–Kier alpha value is -4.07. The number of fused-ring (bicyclic) bond motifs is 1. The van der Waals surface area contributed by atoms with E-state index in [0.29, 0.717) is 29.7 Å². The summed E-state index contributed by atoms with van der Waals surface area (Å²) in [7, 11) is 0. The first-order chi connectivity index (χ1) is 21.3. The van der Waals surface area contributed by atoms with Crippen molar-refractivity contribution in [2.45, 2.75) is 105 Å². The highest BCUT2D eigenvalue weighted by molar-refractivity contribution is 6.00. The van der Waals surface area contributed by atoms with Gasteiger partial charge in [0.05, 0.1) is 0 Å². The minimum Gasteiger partial charge on any atom is -0.507 e. The fourth-order valence-corrected chi connectivity index (χ4v) is 5.43. The van der Waals surface area contributed by atoms with Gasteiger partial charge in [-0.3, -0.25) is 9.59 Å². The number of unbranched alkanes of at least 4 members (excludes halogenated alkanes) is 4. The normalized spacial score (nSPS) is 12.9. The Bertz CT molecular complexity index is 1450. The topological polar surface area (TPSA) is 108 Å². The van der Waals surface area contributed by atoms with Crippen LogP contribution in [0.25, 0.3) is 10.8 Å². The lowest BCUT2D eigenvalue weighted by molar-refractivity contribution is -0.141. The van der Waals surface area contributed by atoms with Crippen LogP contribution < -0.4 is 10.6 Å². The predicted octanol–water partition coefficient (Wildman–Crippen LogP) is 8.27. The van der Waals surface area contributed by atoms with E-state index in [1.54, 1.807) is 45.9 Å². The van der Waals surface area contributed by atoms with Gasteiger partial charge in [-0.2, -0.15) is 0 Å². The number of aryl methyl sites for hydroxylation is 1. The number of amides is 3. The van der Waals surface area contributed by atoms with Crippen molar-refractivity contribution in [2.24, 2.45) is 5.92 Å². The smallest absolute Gasteiger partial charge is 0.408 e. The Kier molecular flexibility index (Phi) is 12.8. The van der Waals surface area contributed by atoms with Crippen molar-refractivity contribution in [1.29, 1.82) is 0 Å². The molecular weight excluding hydrogens is 566 g/mol. The zero-order chi connectivity index (χ0) is 33.1. The van der Waals surface area contributed by atoms with E-state index < -0.39 is 35.6 Å². The van der Waals surface area contributed by atoms with Gasteiger partial charge in [0.25, 0.3) is 5.91 Å². The molecule has 2 unspecified atom stereocenters. The van der Waals surface area contributed by atoms with E-state index in [-0.39, 0.29) is 18.2 Å². The maximum atomic E-state index is 14.5. The SMILES string of the molecule is CCCCCCCN(C(=O)C(CC(C)C)NC(=O)OC(C)(C)C)C(C(=O)Nc1ccc2ccccc2c1)c1cccc(C)c1O. The maximum Gasteiger partial charge on any atom is 0.408 e. The molecule has 3 aromatic rings. The van der Waals surface area contributed by atoms with Crippen molar-refractivity contribution >= 4 is 34.4 Å². The molecule has 0 spiro atoms. The summed E-state index contributed by atoms with van der Waals surface area (Å²) < 4.78 is 5.51. The largest absolute Gasteiger partial charge is 0.507 e. The number of aromatic hydroxyl groups is 1. The van der Waals surface area contributed by atoms with Crippen LogP contribution in [0.5, 0.6) is 5.75 Å². The molecule has 45 heavy (non-hydrogen) atoms. The van der Waals surface area contributed by atoms with Crippen LogP contribution in [0, 0.1) is 12.8 Å². The molecule has 8 heteroatoms.